The van der Waals surface area contributed by atoms with Gasteiger partial charge in [-0.25, -0.2) is 9.37 Å². The van der Waals surface area contributed by atoms with Crippen molar-refractivity contribution in [3.63, 3.8) is 0 Å². The number of nitrogens with one attached hydrogen (secondary N) is 1. The van der Waals surface area contributed by atoms with Crippen LogP contribution in [-0.2, 0) is 11.3 Å². The second-order valence-corrected chi connectivity index (χ2v) is 5.55. The molecule has 1 N–H and O–H groups in total. The highest BCUT2D eigenvalue weighted by Gasteiger charge is 2.15. The Kier molecular flexibility index (Phi) is 5.41. The van der Waals surface area contributed by atoms with Gasteiger partial charge in [0.25, 0.3) is 5.91 Å². The normalized spacial score (nSPS) is 10.4. The van der Waals surface area contributed by atoms with E-state index in [0.29, 0.717) is 11.3 Å². The van der Waals surface area contributed by atoms with Crippen molar-refractivity contribution in [3.05, 3.63) is 82.7 Å². The molecule has 2 aromatic carbocycles. The Morgan fingerprint density at radius 2 is 2.11 bits per heavy atom. The zero-order valence-electron chi connectivity index (χ0n) is 14.0. The number of nitrogens with zero attached hydrogens (tertiary/aromatic N) is 3. The number of hydrogen-bond donors (Lipinski definition) is 1. The molecule has 0 atom stereocenters. The summed E-state index contributed by atoms with van der Waals surface area (Å²) in [5.74, 6) is -0.920. The molecule has 9 heteroatoms. The van der Waals surface area contributed by atoms with Crippen LogP contribution in [0, 0.1) is 15.9 Å². The van der Waals surface area contributed by atoms with Gasteiger partial charge in [0.05, 0.1) is 16.9 Å². The van der Waals surface area contributed by atoms with Crippen LogP contribution >= 0.6 is 0 Å². The number of carbonyl (C=O) groups excluding carboxylic acids is 1. The first-order chi connectivity index (χ1) is 13.0. The van der Waals surface area contributed by atoms with Gasteiger partial charge in [-0.05, 0) is 23.8 Å². The van der Waals surface area contributed by atoms with Crippen molar-refractivity contribution in [2.45, 2.75) is 6.54 Å². The SMILES string of the molecule is O=C(COc1ccccc1[N+](=O)[O-])NCc1ccc(-n2ccnc2)c(F)c1. The maximum Gasteiger partial charge on any atom is 0.310 e. The molecule has 138 valence electrons. The minimum Gasteiger partial charge on any atom is -0.477 e. The van der Waals surface area contributed by atoms with Crippen molar-refractivity contribution in [2.75, 3.05) is 6.61 Å². The van der Waals surface area contributed by atoms with Crippen molar-refractivity contribution >= 4 is 11.6 Å². The molecule has 0 aliphatic rings. The molecule has 3 aromatic rings. The Hall–Kier alpha value is -3.75. The van der Waals surface area contributed by atoms with E-state index in [4.69, 9.17) is 4.74 Å². The molecule has 0 spiro atoms. The van der Waals surface area contributed by atoms with Gasteiger partial charge in [-0.3, -0.25) is 14.9 Å². The highest BCUT2D eigenvalue weighted by molar-refractivity contribution is 5.77. The molecule has 8 nitrogen and oxygen atoms in total. The number of para-hydroxylation sites is 2. The number of rotatable bonds is 7. The maximum absolute atomic E-state index is 14.2. The minimum atomic E-state index is -0.585. The Morgan fingerprint density at radius 1 is 1.30 bits per heavy atom. The van der Waals surface area contributed by atoms with Gasteiger partial charge in [0.1, 0.15) is 5.82 Å². The van der Waals surface area contributed by atoms with Crippen molar-refractivity contribution < 1.29 is 18.8 Å². The van der Waals surface area contributed by atoms with Crippen molar-refractivity contribution in [2.24, 2.45) is 0 Å². The fourth-order valence-electron chi connectivity index (χ4n) is 2.40. The first-order valence-corrected chi connectivity index (χ1v) is 7.94. The summed E-state index contributed by atoms with van der Waals surface area (Å²) in [7, 11) is 0. The van der Waals surface area contributed by atoms with E-state index in [1.165, 1.54) is 35.2 Å². The van der Waals surface area contributed by atoms with E-state index in [1.54, 1.807) is 30.6 Å². The van der Waals surface area contributed by atoms with Crippen molar-refractivity contribution in [3.8, 4) is 11.4 Å². The maximum atomic E-state index is 14.2. The number of halogens is 1. The van der Waals surface area contributed by atoms with Gasteiger partial charge in [0, 0.05) is 25.0 Å². The van der Waals surface area contributed by atoms with E-state index >= 15 is 0 Å². The number of hydrogen-bond acceptors (Lipinski definition) is 5. The summed E-state index contributed by atoms with van der Waals surface area (Å²) >= 11 is 0. The lowest BCUT2D eigenvalue weighted by Gasteiger charge is -2.09. The second-order valence-electron chi connectivity index (χ2n) is 5.55. The first-order valence-electron chi connectivity index (χ1n) is 7.94. The molecule has 0 bridgehead atoms. The smallest absolute Gasteiger partial charge is 0.310 e. The molecule has 0 saturated carbocycles. The van der Waals surface area contributed by atoms with Gasteiger partial charge in [-0.2, -0.15) is 0 Å². The number of imidazole rings is 1. The molecular weight excluding hydrogens is 355 g/mol. The third-order valence-corrected chi connectivity index (χ3v) is 3.71. The molecule has 0 saturated heterocycles. The summed E-state index contributed by atoms with van der Waals surface area (Å²) < 4.78 is 20.9. The number of benzene rings is 2. The van der Waals surface area contributed by atoms with Crippen molar-refractivity contribution in [1.82, 2.24) is 14.9 Å². The molecule has 1 heterocycles. The summed E-state index contributed by atoms with van der Waals surface area (Å²) in [4.78, 5) is 26.1. The molecule has 1 amide bonds. The highest BCUT2D eigenvalue weighted by Crippen LogP contribution is 2.25. The van der Waals surface area contributed by atoms with E-state index in [2.05, 4.69) is 10.3 Å². The van der Waals surface area contributed by atoms with Crippen LogP contribution in [0.2, 0.25) is 0 Å². The van der Waals surface area contributed by atoms with Gasteiger partial charge >= 0.3 is 5.69 Å². The predicted molar refractivity (Wildman–Crippen MR) is 94.0 cm³/mol. The Morgan fingerprint density at radius 3 is 2.81 bits per heavy atom. The molecular formula is C18H15FN4O4. The number of nitro benzene ring substituents is 1. The van der Waals surface area contributed by atoms with Crippen LogP contribution in [0.5, 0.6) is 5.75 Å². The topological polar surface area (TPSA) is 99.3 Å². The fourth-order valence-corrected chi connectivity index (χ4v) is 2.40. The quantitative estimate of drug-likeness (QED) is 0.509. The van der Waals surface area contributed by atoms with Crippen LogP contribution in [0.25, 0.3) is 5.69 Å². The largest absolute Gasteiger partial charge is 0.477 e. The lowest BCUT2D eigenvalue weighted by Crippen LogP contribution is -2.28. The summed E-state index contributed by atoms with van der Waals surface area (Å²) in [5.41, 5.74) is 0.695. The Bertz CT molecular complexity index is 960. The zero-order chi connectivity index (χ0) is 19.2. The van der Waals surface area contributed by atoms with Gasteiger partial charge < -0.3 is 14.6 Å². The molecule has 0 fully saturated rings. The van der Waals surface area contributed by atoms with Gasteiger partial charge in [-0.1, -0.05) is 18.2 Å². The van der Waals surface area contributed by atoms with Gasteiger partial charge in [0.2, 0.25) is 0 Å². The Labute approximate surface area is 153 Å². The standard InChI is InChI=1S/C18H15FN4O4/c19-14-9-13(5-6-15(14)22-8-7-20-12-22)10-21-18(24)11-27-17-4-2-1-3-16(17)23(25)26/h1-9,12H,10-11H2,(H,21,24). The third-order valence-electron chi connectivity index (χ3n) is 3.71. The molecule has 0 aliphatic carbocycles. The monoisotopic (exact) mass is 370 g/mol. The summed E-state index contributed by atoms with van der Waals surface area (Å²) in [5, 5.41) is 13.5. The third kappa shape index (κ3) is 4.46. The zero-order valence-corrected chi connectivity index (χ0v) is 14.0. The van der Waals surface area contributed by atoms with E-state index in [9.17, 15) is 19.3 Å². The molecule has 27 heavy (non-hydrogen) atoms. The van der Waals surface area contributed by atoms with E-state index < -0.39 is 16.6 Å². The fraction of sp³-hybridized carbons (Fsp3) is 0.111. The summed E-state index contributed by atoms with van der Waals surface area (Å²) in [6, 6.07) is 10.4. The van der Waals surface area contributed by atoms with Crippen LogP contribution in [0.3, 0.4) is 0 Å². The number of amides is 1. The average Bonchev–Trinajstić information content (AvgIpc) is 3.19. The molecule has 0 unspecified atom stereocenters. The lowest BCUT2D eigenvalue weighted by atomic mass is 10.2. The van der Waals surface area contributed by atoms with E-state index in [-0.39, 0.29) is 24.6 Å². The van der Waals surface area contributed by atoms with Crippen LogP contribution in [0.15, 0.2) is 61.2 Å². The number of aromatic nitrogens is 2. The van der Waals surface area contributed by atoms with Gasteiger partial charge in [0.15, 0.2) is 12.4 Å². The number of ether oxygens (including phenoxy) is 1. The average molecular weight is 370 g/mol. The molecule has 1 aromatic heterocycles. The van der Waals surface area contributed by atoms with Crippen LogP contribution in [0.1, 0.15) is 5.56 Å². The number of carbonyl (C=O) groups is 1. The first kappa shape index (κ1) is 18.1. The lowest BCUT2D eigenvalue weighted by molar-refractivity contribution is -0.385. The van der Waals surface area contributed by atoms with Crippen LogP contribution in [-0.4, -0.2) is 27.0 Å². The van der Waals surface area contributed by atoms with Crippen LogP contribution in [0.4, 0.5) is 10.1 Å². The molecule has 3 rings (SSSR count). The summed E-state index contributed by atoms with van der Waals surface area (Å²) in [6.45, 7) is -0.291. The van der Waals surface area contributed by atoms with E-state index in [1.807, 2.05) is 0 Å². The highest BCUT2D eigenvalue weighted by atomic mass is 19.1. The predicted octanol–water partition coefficient (Wildman–Crippen LogP) is 2.61. The molecule has 0 aliphatic heterocycles. The van der Waals surface area contributed by atoms with Gasteiger partial charge in [-0.15, -0.1) is 0 Å². The van der Waals surface area contributed by atoms with E-state index in [0.717, 1.165) is 0 Å². The Balaban J connectivity index is 1.55. The minimum absolute atomic E-state index is 0.00776. The molecule has 0 radical (unpaired) electrons. The summed E-state index contributed by atoms with van der Waals surface area (Å²) in [6.07, 6.45) is 4.66. The van der Waals surface area contributed by atoms with Crippen molar-refractivity contribution in [1.29, 1.82) is 0 Å². The van der Waals surface area contributed by atoms with Crippen LogP contribution < -0.4 is 10.1 Å². The second kappa shape index (κ2) is 8.09. The number of nitro groups is 1.